The Morgan fingerprint density at radius 3 is 2.56 bits per heavy atom. The number of hydrogen-bond donors (Lipinski definition) is 0. The van der Waals surface area contributed by atoms with Crippen molar-refractivity contribution in [1.82, 2.24) is 0 Å². The maximum absolute atomic E-state index is 10.3. The zero-order chi connectivity index (χ0) is 7.28. The van der Waals surface area contributed by atoms with Gasteiger partial charge in [0.05, 0.1) is 6.61 Å². The first-order valence-corrected chi connectivity index (χ1v) is 2.40. The lowest BCUT2D eigenvalue weighted by molar-refractivity contribution is -0.150. The molecule has 3 nitrogen and oxygen atoms in total. The minimum Gasteiger partial charge on any atom is -0.459 e. The largest absolute Gasteiger partial charge is 0.459 e. The molecule has 0 radical (unpaired) electrons. The van der Waals surface area contributed by atoms with E-state index < -0.39 is 11.8 Å². The van der Waals surface area contributed by atoms with Crippen LogP contribution in [0, 0.1) is 12.3 Å². The molecule has 0 spiro atoms. The minimum absolute atomic E-state index is 0.173. The van der Waals surface area contributed by atoms with Crippen molar-refractivity contribution < 1.29 is 14.3 Å². The monoisotopic (exact) mass is 126 g/mol. The standard InChI is InChI=1S/C6H6O3/c1-3-5(7)6(8)9-4-2/h1H,4H2,2H3. The Morgan fingerprint density at radius 1 is 1.67 bits per heavy atom. The highest BCUT2D eigenvalue weighted by Gasteiger charge is 2.09. The van der Waals surface area contributed by atoms with Crippen LogP contribution in [0.25, 0.3) is 0 Å². The lowest BCUT2D eigenvalue weighted by Crippen LogP contribution is -2.14. The number of ketones is 1. The summed E-state index contributed by atoms with van der Waals surface area (Å²) >= 11 is 0. The van der Waals surface area contributed by atoms with E-state index in [0.717, 1.165) is 0 Å². The van der Waals surface area contributed by atoms with E-state index in [1.807, 2.05) is 0 Å². The van der Waals surface area contributed by atoms with E-state index in [1.54, 1.807) is 12.8 Å². The van der Waals surface area contributed by atoms with Gasteiger partial charge in [-0.15, -0.1) is 6.42 Å². The number of ether oxygens (including phenoxy) is 1. The van der Waals surface area contributed by atoms with Gasteiger partial charge in [-0.3, -0.25) is 4.79 Å². The molecular formula is C6H6O3. The van der Waals surface area contributed by atoms with Crippen LogP contribution in [0.15, 0.2) is 0 Å². The molecule has 0 fully saturated rings. The van der Waals surface area contributed by atoms with E-state index in [-0.39, 0.29) is 6.61 Å². The number of hydrogen-bond acceptors (Lipinski definition) is 3. The molecule has 0 aliphatic rings. The van der Waals surface area contributed by atoms with E-state index in [4.69, 9.17) is 0 Å². The van der Waals surface area contributed by atoms with Crippen molar-refractivity contribution in [3.8, 4) is 12.3 Å². The van der Waals surface area contributed by atoms with Crippen LogP contribution in [0.4, 0.5) is 0 Å². The Kier molecular flexibility index (Phi) is 3.14. The summed E-state index contributed by atoms with van der Waals surface area (Å²) in [5.74, 6) is -0.256. The second-order valence-corrected chi connectivity index (χ2v) is 1.19. The van der Waals surface area contributed by atoms with Crippen molar-refractivity contribution >= 4 is 11.8 Å². The van der Waals surface area contributed by atoms with Gasteiger partial charge in [-0.1, -0.05) is 0 Å². The molecule has 0 aliphatic carbocycles. The van der Waals surface area contributed by atoms with Crippen molar-refractivity contribution in [3.63, 3.8) is 0 Å². The molecule has 0 heterocycles. The number of rotatable bonds is 2. The van der Waals surface area contributed by atoms with Gasteiger partial charge in [0, 0.05) is 0 Å². The number of Topliss-reactive ketones (excluding diaryl/α,β-unsaturated/α-hetero) is 1. The molecule has 0 aromatic heterocycles. The fourth-order valence-electron chi connectivity index (χ4n) is 0.256. The van der Waals surface area contributed by atoms with Crippen LogP contribution >= 0.6 is 0 Å². The SMILES string of the molecule is C#CC(=O)C(=O)OCC. The van der Waals surface area contributed by atoms with Crippen molar-refractivity contribution in [2.24, 2.45) is 0 Å². The molecule has 0 N–H and O–H groups in total. The predicted octanol–water partition coefficient (Wildman–Crippen LogP) is -0.248. The fraction of sp³-hybridized carbons (Fsp3) is 0.333. The van der Waals surface area contributed by atoms with E-state index >= 15 is 0 Å². The zero-order valence-electron chi connectivity index (χ0n) is 5.01. The molecule has 48 valence electrons. The number of carbonyl (C=O) groups is 2. The summed E-state index contributed by atoms with van der Waals surface area (Å²) in [4.78, 5) is 20.5. The third-order valence-corrected chi connectivity index (χ3v) is 0.592. The molecule has 0 unspecified atom stereocenters. The number of esters is 1. The summed E-state index contributed by atoms with van der Waals surface area (Å²) in [6.45, 7) is 1.77. The highest BCUT2D eigenvalue weighted by molar-refractivity contribution is 6.40. The summed E-state index contributed by atoms with van der Waals surface area (Å²) in [6, 6.07) is 0. The van der Waals surface area contributed by atoms with Crippen molar-refractivity contribution in [2.45, 2.75) is 6.92 Å². The molecule has 0 aromatic rings. The van der Waals surface area contributed by atoms with Gasteiger partial charge in [0.1, 0.15) is 0 Å². The van der Waals surface area contributed by atoms with Crippen LogP contribution in [0.3, 0.4) is 0 Å². The summed E-state index contributed by atoms with van der Waals surface area (Å²) in [5.41, 5.74) is 0. The molecule has 9 heavy (non-hydrogen) atoms. The van der Waals surface area contributed by atoms with Gasteiger partial charge < -0.3 is 4.74 Å². The summed E-state index contributed by atoms with van der Waals surface area (Å²) in [6.07, 6.45) is 4.60. The molecule has 0 aromatic carbocycles. The fourth-order valence-corrected chi connectivity index (χ4v) is 0.256. The van der Waals surface area contributed by atoms with Crippen LogP contribution in [-0.4, -0.2) is 18.4 Å². The molecule has 3 heteroatoms. The molecule has 0 rings (SSSR count). The van der Waals surface area contributed by atoms with Gasteiger partial charge >= 0.3 is 11.8 Å². The smallest absolute Gasteiger partial charge is 0.388 e. The Labute approximate surface area is 53.0 Å². The first kappa shape index (κ1) is 7.70. The van der Waals surface area contributed by atoms with Gasteiger partial charge in [-0.2, -0.15) is 0 Å². The van der Waals surface area contributed by atoms with Gasteiger partial charge in [0.25, 0.3) is 0 Å². The summed E-state index contributed by atoms with van der Waals surface area (Å²) < 4.78 is 4.26. The third kappa shape index (κ3) is 2.50. The molecule has 0 atom stereocenters. The Balaban J connectivity index is 3.78. The lowest BCUT2D eigenvalue weighted by Gasteiger charge is -1.92. The van der Waals surface area contributed by atoms with Crippen LogP contribution < -0.4 is 0 Å². The van der Waals surface area contributed by atoms with Gasteiger partial charge in [-0.05, 0) is 12.8 Å². The maximum atomic E-state index is 10.3. The second kappa shape index (κ2) is 3.67. The van der Waals surface area contributed by atoms with Crippen LogP contribution in [-0.2, 0) is 14.3 Å². The Hall–Kier alpha value is -1.30. The zero-order valence-corrected chi connectivity index (χ0v) is 5.01. The van der Waals surface area contributed by atoms with Crippen LogP contribution in [0.2, 0.25) is 0 Å². The van der Waals surface area contributed by atoms with Gasteiger partial charge in [0.2, 0.25) is 0 Å². The first-order valence-electron chi connectivity index (χ1n) is 2.40. The summed E-state index contributed by atoms with van der Waals surface area (Å²) in [5, 5.41) is 0. The average molecular weight is 126 g/mol. The Morgan fingerprint density at radius 2 is 2.22 bits per heavy atom. The first-order chi connectivity index (χ1) is 4.22. The molecule has 0 saturated carbocycles. The summed E-state index contributed by atoms with van der Waals surface area (Å²) in [7, 11) is 0. The quantitative estimate of drug-likeness (QED) is 0.222. The minimum atomic E-state index is -0.958. The van der Waals surface area contributed by atoms with E-state index in [9.17, 15) is 9.59 Å². The average Bonchev–Trinajstić information content (AvgIpc) is 1.87. The lowest BCUT2D eigenvalue weighted by atomic mass is 10.4. The molecule has 0 bridgehead atoms. The molecule has 0 aliphatic heterocycles. The third-order valence-electron chi connectivity index (χ3n) is 0.592. The van der Waals surface area contributed by atoms with Gasteiger partial charge in [-0.25, -0.2) is 4.79 Å². The van der Waals surface area contributed by atoms with Crippen molar-refractivity contribution in [3.05, 3.63) is 0 Å². The predicted molar refractivity (Wildman–Crippen MR) is 30.5 cm³/mol. The van der Waals surface area contributed by atoms with E-state index in [0.29, 0.717) is 0 Å². The van der Waals surface area contributed by atoms with E-state index in [1.165, 1.54) is 0 Å². The van der Waals surface area contributed by atoms with Crippen LogP contribution in [0.1, 0.15) is 6.92 Å². The normalized spacial score (nSPS) is 7.56. The Bertz CT molecular complexity index is 164. The highest BCUT2D eigenvalue weighted by Crippen LogP contribution is 1.77. The van der Waals surface area contributed by atoms with Crippen LogP contribution in [0.5, 0.6) is 0 Å². The van der Waals surface area contributed by atoms with E-state index in [2.05, 4.69) is 11.2 Å². The topological polar surface area (TPSA) is 43.4 Å². The maximum Gasteiger partial charge on any atom is 0.388 e. The van der Waals surface area contributed by atoms with Gasteiger partial charge in [0.15, 0.2) is 0 Å². The number of carbonyl (C=O) groups excluding carboxylic acids is 2. The molecule has 0 amide bonds. The highest BCUT2D eigenvalue weighted by atomic mass is 16.5. The van der Waals surface area contributed by atoms with Crippen molar-refractivity contribution in [2.75, 3.05) is 6.61 Å². The number of terminal acetylenes is 1. The molecule has 0 saturated heterocycles. The second-order valence-electron chi connectivity index (χ2n) is 1.19. The molecular weight excluding hydrogens is 120 g/mol. The van der Waals surface area contributed by atoms with Crippen molar-refractivity contribution in [1.29, 1.82) is 0 Å².